The van der Waals surface area contributed by atoms with E-state index in [0.717, 1.165) is 109 Å². The minimum absolute atomic E-state index is 0.0950. The van der Waals surface area contributed by atoms with Gasteiger partial charge in [-0.25, -0.2) is 0 Å². The molecule has 6 heteroatoms. The molecule has 468 valence electrons. The molecule has 0 aromatic carbocycles. The van der Waals surface area contributed by atoms with Gasteiger partial charge in [-0.2, -0.15) is 0 Å². The Bertz CT molecular complexity index is 1690. The normalized spacial score (nSPS) is 12.9. The van der Waals surface area contributed by atoms with Gasteiger partial charge < -0.3 is 14.2 Å². The van der Waals surface area contributed by atoms with Gasteiger partial charge in [-0.15, -0.1) is 0 Å². The minimum Gasteiger partial charge on any atom is -0.462 e. The number of esters is 3. The molecule has 0 aliphatic heterocycles. The number of ether oxygens (including phenoxy) is 3. The molecule has 0 amide bonds. The molecule has 0 saturated carbocycles. The van der Waals surface area contributed by atoms with Crippen molar-refractivity contribution in [3.8, 4) is 0 Å². The van der Waals surface area contributed by atoms with Crippen LogP contribution in [0.3, 0.4) is 0 Å². The standard InChI is InChI=1S/C76H128O6/c1-4-7-10-13-16-19-21-23-25-27-29-31-33-35-37-38-40-41-43-45-47-49-51-53-55-57-60-63-66-69-75(78)81-72-73(71-80-74(77)68-65-62-59-18-15-12-9-6-3)82-76(79)70-67-64-61-58-56-54-52-50-48-46-44-42-39-36-34-32-30-28-26-24-22-20-17-14-11-8-5-2/h8,11,17,20-21,23-24,26-27,29-30,32,36,39,44,46,50,52,56,58,73H,4-7,9-10,12-16,18-19,22,25,28,31,33-35,37-38,40-43,45,47-49,51,53-55,57,59-72H2,1-3H3/b11-8-,20-17-,23-21-,26-24-,29-27-,32-30-,39-36-,46-44-,52-50-,58-56-. The molecule has 6 nitrogen and oxygen atoms in total. The van der Waals surface area contributed by atoms with Crippen molar-refractivity contribution in [2.45, 2.75) is 329 Å². The van der Waals surface area contributed by atoms with E-state index in [2.05, 4.69) is 142 Å². The fraction of sp³-hybridized carbons (Fsp3) is 0.697. The Morgan fingerprint density at radius 1 is 0.256 bits per heavy atom. The second-order valence-corrected chi connectivity index (χ2v) is 22.7. The number of carbonyl (C=O) groups is 3. The molecular formula is C76H128O6. The lowest BCUT2D eigenvalue weighted by molar-refractivity contribution is -0.167. The molecule has 1 atom stereocenters. The third-order valence-corrected chi connectivity index (χ3v) is 14.7. The highest BCUT2D eigenvalue weighted by atomic mass is 16.6. The summed E-state index contributed by atoms with van der Waals surface area (Å²) >= 11 is 0. The molecule has 0 heterocycles. The van der Waals surface area contributed by atoms with Crippen LogP contribution in [0.4, 0.5) is 0 Å². The Labute approximate surface area is 507 Å². The van der Waals surface area contributed by atoms with Gasteiger partial charge in [0.15, 0.2) is 6.10 Å². The van der Waals surface area contributed by atoms with Crippen LogP contribution in [0.25, 0.3) is 0 Å². The summed E-state index contributed by atoms with van der Waals surface area (Å²) in [6, 6.07) is 0. The number of hydrogen-bond donors (Lipinski definition) is 0. The summed E-state index contributed by atoms with van der Waals surface area (Å²) in [5.41, 5.74) is 0. The number of allylic oxidation sites excluding steroid dienone is 20. The highest BCUT2D eigenvalue weighted by Crippen LogP contribution is 2.17. The predicted octanol–water partition coefficient (Wildman–Crippen LogP) is 23.9. The summed E-state index contributed by atoms with van der Waals surface area (Å²) < 4.78 is 16.9. The van der Waals surface area contributed by atoms with Crippen LogP contribution in [0, 0.1) is 0 Å². The fourth-order valence-corrected chi connectivity index (χ4v) is 9.55. The summed E-state index contributed by atoms with van der Waals surface area (Å²) in [6.45, 7) is 6.47. The zero-order valence-electron chi connectivity index (χ0n) is 53.7. The molecule has 0 saturated heterocycles. The Kier molecular flexibility index (Phi) is 65.8. The second kappa shape index (κ2) is 69.3. The molecule has 0 aliphatic carbocycles. The molecule has 0 aromatic rings. The number of hydrogen-bond acceptors (Lipinski definition) is 6. The van der Waals surface area contributed by atoms with Gasteiger partial charge in [0.25, 0.3) is 0 Å². The van der Waals surface area contributed by atoms with Crippen molar-refractivity contribution < 1.29 is 28.6 Å². The van der Waals surface area contributed by atoms with Crippen LogP contribution in [0.5, 0.6) is 0 Å². The van der Waals surface area contributed by atoms with Crippen LogP contribution in [0.15, 0.2) is 122 Å². The predicted molar refractivity (Wildman–Crippen MR) is 357 cm³/mol. The monoisotopic (exact) mass is 1140 g/mol. The van der Waals surface area contributed by atoms with Crippen LogP contribution in [-0.4, -0.2) is 37.2 Å². The first-order valence-corrected chi connectivity index (χ1v) is 34.5. The first-order valence-electron chi connectivity index (χ1n) is 34.5. The average molecular weight is 1140 g/mol. The first kappa shape index (κ1) is 77.8. The van der Waals surface area contributed by atoms with E-state index in [-0.39, 0.29) is 37.5 Å². The third kappa shape index (κ3) is 66.6. The van der Waals surface area contributed by atoms with E-state index in [0.29, 0.717) is 19.3 Å². The maximum Gasteiger partial charge on any atom is 0.306 e. The summed E-state index contributed by atoms with van der Waals surface area (Å²) in [5, 5.41) is 0. The lowest BCUT2D eigenvalue weighted by Crippen LogP contribution is -2.30. The van der Waals surface area contributed by atoms with Gasteiger partial charge in [0.05, 0.1) is 0 Å². The molecule has 0 aliphatic rings. The van der Waals surface area contributed by atoms with E-state index in [9.17, 15) is 14.4 Å². The quantitative estimate of drug-likeness (QED) is 0.0261. The first-order chi connectivity index (χ1) is 40.5. The molecule has 0 aromatic heterocycles. The van der Waals surface area contributed by atoms with Crippen molar-refractivity contribution in [3.63, 3.8) is 0 Å². The highest BCUT2D eigenvalue weighted by Gasteiger charge is 2.19. The summed E-state index contributed by atoms with van der Waals surface area (Å²) in [4.78, 5) is 38.2. The number of unbranched alkanes of at least 4 members (excludes halogenated alkanes) is 31. The van der Waals surface area contributed by atoms with E-state index >= 15 is 0 Å². The van der Waals surface area contributed by atoms with Crippen LogP contribution in [0.2, 0.25) is 0 Å². The van der Waals surface area contributed by atoms with Crippen molar-refractivity contribution in [2.24, 2.45) is 0 Å². The molecule has 82 heavy (non-hydrogen) atoms. The molecule has 0 radical (unpaired) electrons. The molecule has 0 N–H and O–H groups in total. The van der Waals surface area contributed by atoms with Gasteiger partial charge in [-0.05, 0) is 116 Å². The van der Waals surface area contributed by atoms with E-state index in [1.165, 1.54) is 167 Å². The van der Waals surface area contributed by atoms with Crippen molar-refractivity contribution in [1.29, 1.82) is 0 Å². The molecular weight excluding hydrogens is 1010 g/mol. The van der Waals surface area contributed by atoms with Gasteiger partial charge >= 0.3 is 17.9 Å². The Morgan fingerprint density at radius 2 is 0.476 bits per heavy atom. The average Bonchev–Trinajstić information content (AvgIpc) is 3.48. The van der Waals surface area contributed by atoms with E-state index < -0.39 is 6.10 Å². The second-order valence-electron chi connectivity index (χ2n) is 22.7. The molecule has 0 rings (SSSR count). The third-order valence-electron chi connectivity index (χ3n) is 14.7. The SMILES string of the molecule is CC/C=C\C/C=C\C/C=C\C/C=C\C/C=C\C/C=C\C/C=C\C/C=C\CCCCC(=O)OC(COC(=O)CCCCCCCCCC)COC(=O)CCCCCCCCCCCCCCCCCCC/C=C\C/C=C\CCCCCCC. The zero-order chi connectivity index (χ0) is 59.2. The maximum atomic E-state index is 12.9. The largest absolute Gasteiger partial charge is 0.462 e. The van der Waals surface area contributed by atoms with Crippen LogP contribution < -0.4 is 0 Å². The summed E-state index contributed by atoms with van der Waals surface area (Å²) in [5.74, 6) is -0.936. The van der Waals surface area contributed by atoms with Crippen molar-refractivity contribution in [3.05, 3.63) is 122 Å². The van der Waals surface area contributed by atoms with Gasteiger partial charge in [0.2, 0.25) is 0 Å². The van der Waals surface area contributed by atoms with Crippen molar-refractivity contribution in [2.75, 3.05) is 13.2 Å². The summed E-state index contributed by atoms with van der Waals surface area (Å²) in [7, 11) is 0. The van der Waals surface area contributed by atoms with Gasteiger partial charge in [0.1, 0.15) is 13.2 Å². The molecule has 0 fully saturated rings. The Hall–Kier alpha value is -4.19. The fourth-order valence-electron chi connectivity index (χ4n) is 9.55. The number of rotatable bonds is 62. The van der Waals surface area contributed by atoms with Gasteiger partial charge in [-0.1, -0.05) is 309 Å². The van der Waals surface area contributed by atoms with Crippen LogP contribution >= 0.6 is 0 Å². The van der Waals surface area contributed by atoms with Gasteiger partial charge in [0, 0.05) is 19.3 Å². The molecule has 1 unspecified atom stereocenters. The molecule has 0 bridgehead atoms. The van der Waals surface area contributed by atoms with E-state index in [1.54, 1.807) is 0 Å². The Balaban J connectivity index is 4.21. The molecule has 0 spiro atoms. The minimum atomic E-state index is -0.802. The smallest absolute Gasteiger partial charge is 0.306 e. The van der Waals surface area contributed by atoms with E-state index in [1.807, 2.05) is 0 Å². The zero-order valence-corrected chi connectivity index (χ0v) is 53.7. The highest BCUT2D eigenvalue weighted by molar-refractivity contribution is 5.71. The van der Waals surface area contributed by atoms with Crippen LogP contribution in [-0.2, 0) is 28.6 Å². The Morgan fingerprint density at radius 3 is 0.768 bits per heavy atom. The number of carbonyl (C=O) groups excluding carboxylic acids is 3. The van der Waals surface area contributed by atoms with Gasteiger partial charge in [-0.3, -0.25) is 14.4 Å². The van der Waals surface area contributed by atoms with Crippen LogP contribution in [0.1, 0.15) is 323 Å². The summed E-state index contributed by atoms with van der Waals surface area (Å²) in [6.07, 6.45) is 96.7. The lowest BCUT2D eigenvalue weighted by atomic mass is 10.0. The maximum absolute atomic E-state index is 12.9. The topological polar surface area (TPSA) is 78.9 Å². The van der Waals surface area contributed by atoms with E-state index in [4.69, 9.17) is 14.2 Å². The lowest BCUT2D eigenvalue weighted by Gasteiger charge is -2.18. The van der Waals surface area contributed by atoms with Crippen molar-refractivity contribution >= 4 is 17.9 Å². The van der Waals surface area contributed by atoms with Crippen molar-refractivity contribution in [1.82, 2.24) is 0 Å².